The van der Waals surface area contributed by atoms with E-state index < -0.39 is 0 Å². The van der Waals surface area contributed by atoms with Crippen LogP contribution in [0.3, 0.4) is 0 Å². The number of hydrogen-bond donors (Lipinski definition) is 1. The summed E-state index contributed by atoms with van der Waals surface area (Å²) >= 11 is 5.70. The Kier molecular flexibility index (Phi) is 3.65. The number of furan rings is 1. The number of nitrogens with one attached hydrogen (secondary N) is 1. The molecule has 2 aromatic rings. The van der Waals surface area contributed by atoms with Gasteiger partial charge in [0, 0.05) is 6.04 Å². The van der Waals surface area contributed by atoms with Gasteiger partial charge in [-0.2, -0.15) is 0 Å². The van der Waals surface area contributed by atoms with Crippen molar-refractivity contribution < 1.29 is 4.42 Å². The lowest BCUT2D eigenvalue weighted by Gasteiger charge is -2.12. The molecule has 2 rings (SSSR count). The van der Waals surface area contributed by atoms with Gasteiger partial charge in [0.05, 0.1) is 6.54 Å². The van der Waals surface area contributed by atoms with Gasteiger partial charge >= 0.3 is 0 Å². The van der Waals surface area contributed by atoms with Crippen LogP contribution in [0, 0.1) is 0 Å². The minimum absolute atomic E-state index is 0.296. The third-order valence-corrected chi connectivity index (χ3v) is 2.71. The molecule has 0 amide bonds. The molecule has 2 nitrogen and oxygen atoms in total. The Morgan fingerprint density at radius 3 is 2.56 bits per heavy atom. The Balaban J connectivity index is 1.91. The summed E-state index contributed by atoms with van der Waals surface area (Å²) < 4.78 is 5.27. The Labute approximate surface area is 100 Å². The monoisotopic (exact) mass is 235 g/mol. The number of halogens is 1. The van der Waals surface area contributed by atoms with Crippen LogP contribution in [-0.4, -0.2) is 0 Å². The third-order valence-electron chi connectivity index (χ3n) is 2.51. The van der Waals surface area contributed by atoms with Gasteiger partial charge in [-0.05, 0) is 36.2 Å². The summed E-state index contributed by atoms with van der Waals surface area (Å²) in [5, 5.41) is 3.81. The van der Waals surface area contributed by atoms with Crippen molar-refractivity contribution in [3.8, 4) is 0 Å². The van der Waals surface area contributed by atoms with Gasteiger partial charge in [0.1, 0.15) is 5.76 Å². The SMILES string of the molecule is C[C@H](NCc1ccc(Cl)o1)c1ccccc1. The normalized spacial score (nSPS) is 12.6. The molecule has 0 spiro atoms. The van der Waals surface area contributed by atoms with Gasteiger partial charge in [0.15, 0.2) is 5.22 Å². The molecule has 0 bridgehead atoms. The molecule has 0 unspecified atom stereocenters. The Hall–Kier alpha value is -1.25. The summed E-state index contributed by atoms with van der Waals surface area (Å²) in [6.07, 6.45) is 0. The van der Waals surface area contributed by atoms with Crippen molar-refractivity contribution >= 4 is 11.6 Å². The molecule has 1 heterocycles. The van der Waals surface area contributed by atoms with Crippen molar-refractivity contribution in [3.05, 3.63) is 59.0 Å². The molecule has 0 fully saturated rings. The van der Waals surface area contributed by atoms with Gasteiger partial charge in [-0.3, -0.25) is 0 Å². The van der Waals surface area contributed by atoms with Crippen LogP contribution < -0.4 is 5.32 Å². The molecule has 0 aliphatic carbocycles. The predicted molar refractivity (Wildman–Crippen MR) is 65.4 cm³/mol. The van der Waals surface area contributed by atoms with E-state index in [1.54, 1.807) is 6.07 Å². The molecule has 3 heteroatoms. The summed E-state index contributed by atoms with van der Waals surface area (Å²) in [6, 6.07) is 14.2. The molecule has 0 saturated carbocycles. The summed E-state index contributed by atoms with van der Waals surface area (Å²) in [6.45, 7) is 2.81. The van der Waals surface area contributed by atoms with E-state index in [1.807, 2.05) is 24.3 Å². The second-order valence-electron chi connectivity index (χ2n) is 3.72. The quantitative estimate of drug-likeness (QED) is 0.873. The zero-order valence-corrected chi connectivity index (χ0v) is 9.87. The average molecular weight is 236 g/mol. The number of hydrogen-bond acceptors (Lipinski definition) is 2. The molecule has 0 radical (unpaired) electrons. The summed E-state index contributed by atoms with van der Waals surface area (Å²) in [4.78, 5) is 0. The number of rotatable bonds is 4. The Morgan fingerprint density at radius 2 is 1.94 bits per heavy atom. The predicted octanol–water partition coefficient (Wildman–Crippen LogP) is 3.78. The van der Waals surface area contributed by atoms with Crippen LogP contribution >= 0.6 is 11.6 Å². The van der Waals surface area contributed by atoms with Gasteiger partial charge in [-0.1, -0.05) is 30.3 Å². The molecule has 16 heavy (non-hydrogen) atoms. The van der Waals surface area contributed by atoms with Crippen molar-refractivity contribution in [1.29, 1.82) is 0 Å². The molecule has 0 aliphatic rings. The van der Waals surface area contributed by atoms with Crippen LogP contribution in [0.4, 0.5) is 0 Å². The van der Waals surface area contributed by atoms with Gasteiger partial charge in [-0.15, -0.1) is 0 Å². The third kappa shape index (κ3) is 2.87. The number of benzene rings is 1. The first-order chi connectivity index (χ1) is 7.75. The summed E-state index contributed by atoms with van der Waals surface area (Å²) in [7, 11) is 0. The van der Waals surface area contributed by atoms with E-state index in [1.165, 1.54) is 5.56 Å². The van der Waals surface area contributed by atoms with E-state index >= 15 is 0 Å². The van der Waals surface area contributed by atoms with E-state index in [4.69, 9.17) is 16.0 Å². The lowest BCUT2D eigenvalue weighted by atomic mass is 10.1. The van der Waals surface area contributed by atoms with E-state index in [2.05, 4.69) is 24.4 Å². The van der Waals surface area contributed by atoms with Gasteiger partial charge in [0.2, 0.25) is 0 Å². The van der Waals surface area contributed by atoms with Crippen LogP contribution in [-0.2, 0) is 6.54 Å². The molecule has 1 atom stereocenters. The zero-order chi connectivity index (χ0) is 11.4. The minimum atomic E-state index is 0.296. The highest BCUT2D eigenvalue weighted by molar-refractivity contribution is 6.28. The van der Waals surface area contributed by atoms with Crippen LogP contribution in [0.2, 0.25) is 5.22 Å². The molecule has 84 valence electrons. The lowest BCUT2D eigenvalue weighted by molar-refractivity contribution is 0.462. The smallest absolute Gasteiger partial charge is 0.193 e. The van der Waals surface area contributed by atoms with Crippen molar-refractivity contribution in [3.63, 3.8) is 0 Å². The fourth-order valence-corrected chi connectivity index (χ4v) is 1.72. The summed E-state index contributed by atoms with van der Waals surface area (Å²) in [5.74, 6) is 0.854. The first kappa shape index (κ1) is 11.2. The largest absolute Gasteiger partial charge is 0.448 e. The van der Waals surface area contributed by atoms with Crippen LogP contribution in [0.15, 0.2) is 46.9 Å². The maximum atomic E-state index is 5.70. The second-order valence-corrected chi connectivity index (χ2v) is 4.09. The molecule has 1 aromatic heterocycles. The van der Waals surface area contributed by atoms with Gasteiger partial charge in [-0.25, -0.2) is 0 Å². The van der Waals surface area contributed by atoms with Crippen molar-refractivity contribution in [2.45, 2.75) is 19.5 Å². The van der Waals surface area contributed by atoms with Gasteiger partial charge in [0.25, 0.3) is 0 Å². The molecular formula is C13H14ClNO. The van der Waals surface area contributed by atoms with Crippen molar-refractivity contribution in [2.24, 2.45) is 0 Å². The van der Waals surface area contributed by atoms with E-state index in [9.17, 15) is 0 Å². The Morgan fingerprint density at radius 1 is 1.19 bits per heavy atom. The average Bonchev–Trinajstić information content (AvgIpc) is 2.73. The highest BCUT2D eigenvalue weighted by Gasteiger charge is 2.05. The topological polar surface area (TPSA) is 25.2 Å². The van der Waals surface area contributed by atoms with Crippen molar-refractivity contribution in [1.82, 2.24) is 5.32 Å². The molecule has 0 saturated heterocycles. The fourth-order valence-electron chi connectivity index (χ4n) is 1.56. The van der Waals surface area contributed by atoms with E-state index in [-0.39, 0.29) is 0 Å². The minimum Gasteiger partial charge on any atom is -0.448 e. The maximum absolute atomic E-state index is 5.70. The van der Waals surface area contributed by atoms with Crippen LogP contribution in [0.1, 0.15) is 24.3 Å². The lowest BCUT2D eigenvalue weighted by Crippen LogP contribution is -2.17. The summed E-state index contributed by atoms with van der Waals surface area (Å²) in [5.41, 5.74) is 1.26. The molecule has 1 aromatic carbocycles. The molecule has 0 aliphatic heterocycles. The van der Waals surface area contributed by atoms with Crippen LogP contribution in [0.5, 0.6) is 0 Å². The fraction of sp³-hybridized carbons (Fsp3) is 0.231. The zero-order valence-electron chi connectivity index (χ0n) is 9.11. The van der Waals surface area contributed by atoms with Crippen molar-refractivity contribution in [2.75, 3.05) is 0 Å². The highest BCUT2D eigenvalue weighted by atomic mass is 35.5. The van der Waals surface area contributed by atoms with E-state index in [0.717, 1.165) is 5.76 Å². The van der Waals surface area contributed by atoms with Gasteiger partial charge < -0.3 is 9.73 Å². The molecular weight excluding hydrogens is 222 g/mol. The first-order valence-corrected chi connectivity index (χ1v) is 5.66. The second kappa shape index (κ2) is 5.19. The maximum Gasteiger partial charge on any atom is 0.193 e. The Bertz CT molecular complexity index is 438. The van der Waals surface area contributed by atoms with Crippen LogP contribution in [0.25, 0.3) is 0 Å². The standard InChI is InChI=1S/C13H14ClNO/c1-10(11-5-3-2-4-6-11)15-9-12-7-8-13(14)16-12/h2-8,10,15H,9H2,1H3/t10-/m0/s1. The molecule has 1 N–H and O–H groups in total. The van der Waals surface area contributed by atoms with E-state index in [0.29, 0.717) is 17.8 Å². The first-order valence-electron chi connectivity index (χ1n) is 5.28. The highest BCUT2D eigenvalue weighted by Crippen LogP contribution is 2.15.